The predicted octanol–water partition coefficient (Wildman–Crippen LogP) is 2.61. The first-order chi connectivity index (χ1) is 13.8. The molecule has 0 radical (unpaired) electrons. The van der Waals surface area contributed by atoms with Crippen molar-refractivity contribution in [1.29, 1.82) is 5.26 Å². The normalized spacial score (nSPS) is 11.0. The fourth-order valence-corrected chi connectivity index (χ4v) is 4.10. The van der Waals surface area contributed by atoms with E-state index in [4.69, 9.17) is 10.4 Å². The zero-order chi connectivity index (χ0) is 21.0. The van der Waals surface area contributed by atoms with Gasteiger partial charge in [-0.05, 0) is 48.4 Å². The smallest absolute Gasteiger partial charge is 0.404 e. The third-order valence-electron chi connectivity index (χ3n) is 4.10. The Morgan fingerprint density at radius 2 is 2.10 bits per heavy atom. The molecule has 1 aromatic carbocycles. The lowest BCUT2D eigenvalue weighted by atomic mass is 10.1. The Bertz CT molecular complexity index is 1200. The third kappa shape index (κ3) is 4.25. The highest BCUT2D eigenvalue weighted by Gasteiger charge is 2.23. The van der Waals surface area contributed by atoms with Gasteiger partial charge in [-0.2, -0.15) is 5.26 Å². The van der Waals surface area contributed by atoms with Crippen molar-refractivity contribution in [2.24, 2.45) is 0 Å². The number of amides is 1. The van der Waals surface area contributed by atoms with Gasteiger partial charge in [0.05, 0.1) is 17.3 Å². The van der Waals surface area contributed by atoms with Gasteiger partial charge in [0.15, 0.2) is 0 Å². The summed E-state index contributed by atoms with van der Waals surface area (Å²) in [4.78, 5) is 14.4. The zero-order valence-corrected chi connectivity index (χ0v) is 15.7. The second-order valence-electron chi connectivity index (χ2n) is 6.01. The van der Waals surface area contributed by atoms with Gasteiger partial charge in [0.2, 0.25) is 0 Å². The van der Waals surface area contributed by atoms with Crippen LogP contribution in [0.15, 0.2) is 59.9 Å². The number of pyridine rings is 1. The van der Waals surface area contributed by atoms with Crippen LogP contribution in [0.3, 0.4) is 0 Å². The number of nitrogens with zero attached hydrogens (tertiary/aromatic N) is 3. The van der Waals surface area contributed by atoms with Crippen molar-refractivity contribution in [3.8, 4) is 17.3 Å². The number of benzene rings is 1. The van der Waals surface area contributed by atoms with E-state index in [1.165, 1.54) is 48.9 Å². The summed E-state index contributed by atoms with van der Waals surface area (Å²) in [6.45, 7) is 0.0481. The Labute approximate surface area is 165 Å². The quantitative estimate of drug-likeness (QED) is 0.639. The fraction of sp³-hybridized carbons (Fsp3) is 0.105. The fourth-order valence-electron chi connectivity index (χ4n) is 2.75. The highest BCUT2D eigenvalue weighted by molar-refractivity contribution is 7.90. The van der Waals surface area contributed by atoms with Gasteiger partial charge >= 0.3 is 6.09 Å². The molecule has 2 N–H and O–H groups in total. The lowest BCUT2D eigenvalue weighted by molar-refractivity contribution is 0.194. The molecule has 2 aromatic heterocycles. The lowest BCUT2D eigenvalue weighted by Crippen LogP contribution is -2.23. The van der Waals surface area contributed by atoms with Gasteiger partial charge in [0, 0.05) is 30.7 Å². The van der Waals surface area contributed by atoms with Gasteiger partial charge in [-0.3, -0.25) is 4.98 Å². The van der Waals surface area contributed by atoms with Crippen molar-refractivity contribution in [3.63, 3.8) is 0 Å². The number of halogens is 1. The topological polar surface area (TPSA) is 125 Å². The predicted molar refractivity (Wildman–Crippen MR) is 101 cm³/mol. The molecule has 0 saturated carbocycles. The molecule has 0 spiro atoms. The summed E-state index contributed by atoms with van der Waals surface area (Å²) in [5.74, 6) is -0.694. The minimum absolute atomic E-state index is 0.0220. The monoisotopic (exact) mass is 414 g/mol. The Morgan fingerprint density at radius 1 is 1.31 bits per heavy atom. The number of carboxylic acid groups (broad SMARTS) is 1. The Hall–Kier alpha value is -3.71. The van der Waals surface area contributed by atoms with E-state index in [2.05, 4.69) is 10.3 Å². The summed E-state index contributed by atoms with van der Waals surface area (Å²) >= 11 is 0. The number of nitrogens with one attached hydrogen (secondary N) is 1. The van der Waals surface area contributed by atoms with Crippen LogP contribution in [0.25, 0.3) is 11.3 Å². The molecule has 8 nitrogen and oxygen atoms in total. The summed E-state index contributed by atoms with van der Waals surface area (Å²) in [7, 11) is -4.11. The van der Waals surface area contributed by atoms with E-state index in [0.717, 1.165) is 10.0 Å². The van der Waals surface area contributed by atoms with Crippen LogP contribution in [0, 0.1) is 17.1 Å². The first-order valence-corrected chi connectivity index (χ1v) is 9.80. The SMILES string of the molecule is N#Cc1ccc(F)c(-c2cc(CCNC(=O)O)cn2S(=O)(=O)c2cccnc2)c1. The van der Waals surface area contributed by atoms with Crippen molar-refractivity contribution >= 4 is 16.1 Å². The summed E-state index contributed by atoms with van der Waals surface area (Å²) in [5.41, 5.74) is 0.604. The number of hydrogen-bond acceptors (Lipinski definition) is 5. The molecule has 29 heavy (non-hydrogen) atoms. The summed E-state index contributed by atoms with van der Waals surface area (Å²) in [6.07, 6.45) is 2.88. The largest absolute Gasteiger partial charge is 0.465 e. The molecule has 2 heterocycles. The van der Waals surface area contributed by atoms with Crippen LogP contribution >= 0.6 is 0 Å². The number of carbonyl (C=O) groups is 1. The molecule has 3 aromatic rings. The van der Waals surface area contributed by atoms with Crippen molar-refractivity contribution in [3.05, 3.63) is 71.9 Å². The summed E-state index contributed by atoms with van der Waals surface area (Å²) in [5, 5.41) is 20.0. The number of nitriles is 1. The van der Waals surface area contributed by atoms with Crippen LogP contribution < -0.4 is 5.32 Å². The molecule has 10 heteroatoms. The molecule has 0 unspecified atom stereocenters. The van der Waals surface area contributed by atoms with Crippen LogP contribution in [0.1, 0.15) is 11.1 Å². The second kappa shape index (κ2) is 8.12. The number of rotatable bonds is 6. The Balaban J connectivity index is 2.15. The van der Waals surface area contributed by atoms with Crippen molar-refractivity contribution in [2.45, 2.75) is 11.3 Å². The highest BCUT2D eigenvalue weighted by atomic mass is 32.2. The molecule has 148 valence electrons. The maximum atomic E-state index is 14.5. The number of aromatic nitrogens is 2. The average Bonchev–Trinajstić information content (AvgIpc) is 3.13. The highest BCUT2D eigenvalue weighted by Crippen LogP contribution is 2.30. The zero-order valence-electron chi connectivity index (χ0n) is 14.9. The molecule has 0 aliphatic rings. The van der Waals surface area contributed by atoms with E-state index >= 15 is 0 Å². The van der Waals surface area contributed by atoms with E-state index in [1.54, 1.807) is 0 Å². The first kappa shape index (κ1) is 20.0. The van der Waals surface area contributed by atoms with Gasteiger partial charge in [-0.25, -0.2) is 21.6 Å². The van der Waals surface area contributed by atoms with E-state index in [1.807, 2.05) is 6.07 Å². The van der Waals surface area contributed by atoms with Gasteiger partial charge < -0.3 is 10.4 Å². The molecule has 0 fully saturated rings. The molecule has 1 amide bonds. The van der Waals surface area contributed by atoms with Crippen molar-refractivity contribution < 1.29 is 22.7 Å². The van der Waals surface area contributed by atoms with Crippen LogP contribution in [0.5, 0.6) is 0 Å². The molecule has 0 aliphatic carbocycles. The summed E-state index contributed by atoms with van der Waals surface area (Å²) < 4.78 is 41.7. The van der Waals surface area contributed by atoms with Crippen LogP contribution in [0.2, 0.25) is 0 Å². The van der Waals surface area contributed by atoms with Crippen molar-refractivity contribution in [2.75, 3.05) is 6.54 Å². The minimum Gasteiger partial charge on any atom is -0.465 e. The summed E-state index contributed by atoms with van der Waals surface area (Å²) in [6, 6.07) is 9.82. The minimum atomic E-state index is -4.11. The Kier molecular flexibility index (Phi) is 5.61. The Morgan fingerprint density at radius 3 is 2.76 bits per heavy atom. The van der Waals surface area contributed by atoms with Gasteiger partial charge in [0.25, 0.3) is 10.0 Å². The van der Waals surface area contributed by atoms with E-state index in [9.17, 15) is 17.6 Å². The van der Waals surface area contributed by atoms with E-state index in [-0.39, 0.29) is 34.7 Å². The maximum absolute atomic E-state index is 14.5. The van der Waals surface area contributed by atoms with Crippen molar-refractivity contribution in [1.82, 2.24) is 14.3 Å². The molecular weight excluding hydrogens is 399 g/mol. The average molecular weight is 414 g/mol. The molecule has 3 rings (SSSR count). The van der Waals surface area contributed by atoms with Gasteiger partial charge in [-0.1, -0.05) is 0 Å². The second-order valence-corrected chi connectivity index (χ2v) is 7.83. The standard InChI is InChI=1S/C19H15FN4O4S/c20-17-4-3-13(10-21)8-16(17)18-9-14(5-7-23-19(25)26)12-24(18)29(27,28)15-2-1-6-22-11-15/h1-4,6,8-9,11-12,23H,5,7H2,(H,25,26). The van der Waals surface area contributed by atoms with E-state index < -0.39 is 21.9 Å². The number of hydrogen-bond donors (Lipinski definition) is 2. The third-order valence-corrected chi connectivity index (χ3v) is 5.75. The first-order valence-electron chi connectivity index (χ1n) is 8.36. The molecule has 0 saturated heterocycles. The molecule has 0 aliphatic heterocycles. The van der Waals surface area contributed by atoms with Crippen LogP contribution in [-0.2, 0) is 16.4 Å². The molecule has 0 atom stereocenters. The molecular formula is C19H15FN4O4S. The van der Waals surface area contributed by atoms with Crippen LogP contribution in [0.4, 0.5) is 9.18 Å². The van der Waals surface area contributed by atoms with Gasteiger partial charge in [0.1, 0.15) is 10.7 Å². The van der Waals surface area contributed by atoms with E-state index in [0.29, 0.717) is 5.56 Å². The lowest BCUT2D eigenvalue weighted by Gasteiger charge is -2.11. The van der Waals surface area contributed by atoms with Crippen LogP contribution in [-0.4, -0.2) is 35.1 Å². The molecule has 0 bridgehead atoms. The van der Waals surface area contributed by atoms with Gasteiger partial charge in [-0.15, -0.1) is 0 Å². The maximum Gasteiger partial charge on any atom is 0.404 e.